The van der Waals surface area contributed by atoms with E-state index in [9.17, 15) is 4.79 Å². The van der Waals surface area contributed by atoms with Crippen LogP contribution in [0, 0.1) is 13.8 Å². The smallest absolute Gasteiger partial charge is 0.279 e. The number of aromatic nitrogens is 2. The lowest BCUT2D eigenvalue weighted by Gasteiger charge is -2.03. The van der Waals surface area contributed by atoms with Gasteiger partial charge in [-0.1, -0.05) is 34.7 Å². The highest BCUT2D eigenvalue weighted by atomic mass is 32.1. The molecule has 1 amide bonds. The van der Waals surface area contributed by atoms with E-state index in [2.05, 4.69) is 27.6 Å². The number of anilines is 1. The molecule has 4 rings (SSSR count). The van der Waals surface area contributed by atoms with Crippen molar-refractivity contribution in [2.24, 2.45) is 0 Å². The fraction of sp³-hybridized carbons (Fsp3) is 0.150. The summed E-state index contributed by atoms with van der Waals surface area (Å²) in [7, 11) is 1.58. The minimum absolute atomic E-state index is 0.183. The topological polar surface area (TPSA) is 77.2 Å². The number of benzene rings is 2. The van der Waals surface area contributed by atoms with Crippen molar-refractivity contribution in [3.8, 4) is 17.1 Å². The zero-order chi connectivity index (χ0) is 19.0. The van der Waals surface area contributed by atoms with Crippen LogP contribution in [0.3, 0.4) is 0 Å². The molecule has 1 N–H and O–H groups in total. The lowest BCUT2D eigenvalue weighted by Crippen LogP contribution is -2.11. The van der Waals surface area contributed by atoms with Gasteiger partial charge < -0.3 is 9.26 Å². The molecule has 0 aliphatic heterocycles. The summed E-state index contributed by atoms with van der Waals surface area (Å²) in [5.41, 5.74) is 4.07. The zero-order valence-electron chi connectivity index (χ0n) is 15.1. The summed E-state index contributed by atoms with van der Waals surface area (Å²) in [6, 6.07) is 13.1. The van der Waals surface area contributed by atoms with Crippen molar-refractivity contribution in [3.63, 3.8) is 0 Å². The van der Waals surface area contributed by atoms with Gasteiger partial charge in [0.25, 0.3) is 5.91 Å². The number of nitrogens with one attached hydrogen (secondary N) is 1. The maximum Gasteiger partial charge on any atom is 0.279 e. The molecule has 7 heteroatoms. The number of methoxy groups -OCH3 is 1. The second kappa shape index (κ2) is 6.85. The third-order valence-corrected chi connectivity index (χ3v) is 5.08. The third kappa shape index (κ3) is 3.29. The van der Waals surface area contributed by atoms with Crippen molar-refractivity contribution >= 4 is 32.6 Å². The monoisotopic (exact) mass is 379 g/mol. The summed E-state index contributed by atoms with van der Waals surface area (Å²) in [5, 5.41) is 7.22. The van der Waals surface area contributed by atoms with E-state index in [4.69, 9.17) is 9.26 Å². The molecular weight excluding hydrogens is 362 g/mol. The number of thiazole rings is 1. The van der Waals surface area contributed by atoms with Crippen molar-refractivity contribution in [2.75, 3.05) is 12.4 Å². The standard InChI is InChI=1S/C20H17N3O3S/c1-11-8-12(2)18-17(9-11)27-20(21-18)22-19(24)14-10-16(26-23-14)13-6-4-5-7-15(13)25-3/h4-10H,1-3H3,(H,21,22,24). The first kappa shape index (κ1) is 17.2. The van der Waals surface area contributed by atoms with Crippen LogP contribution in [-0.4, -0.2) is 23.2 Å². The zero-order valence-corrected chi connectivity index (χ0v) is 15.9. The number of rotatable bonds is 4. The van der Waals surface area contributed by atoms with Crippen molar-refractivity contribution in [1.82, 2.24) is 10.1 Å². The number of hydrogen-bond acceptors (Lipinski definition) is 6. The second-order valence-electron chi connectivity index (χ2n) is 6.18. The Kier molecular flexibility index (Phi) is 4.37. The molecular formula is C20H17N3O3S. The third-order valence-electron chi connectivity index (χ3n) is 4.17. The number of amides is 1. The highest BCUT2D eigenvalue weighted by molar-refractivity contribution is 7.22. The lowest BCUT2D eigenvalue weighted by molar-refractivity contribution is 0.101. The van der Waals surface area contributed by atoms with Crippen LogP contribution in [0.1, 0.15) is 21.6 Å². The highest BCUT2D eigenvalue weighted by Crippen LogP contribution is 2.31. The van der Waals surface area contributed by atoms with Gasteiger partial charge in [0.15, 0.2) is 16.6 Å². The largest absolute Gasteiger partial charge is 0.496 e. The molecule has 136 valence electrons. The van der Waals surface area contributed by atoms with Crippen LogP contribution in [-0.2, 0) is 0 Å². The van der Waals surface area contributed by atoms with Crippen LogP contribution < -0.4 is 10.1 Å². The summed E-state index contributed by atoms with van der Waals surface area (Å²) in [5.74, 6) is 0.749. The van der Waals surface area contributed by atoms with Gasteiger partial charge in [-0.05, 0) is 43.2 Å². The van der Waals surface area contributed by atoms with Crippen LogP contribution in [0.25, 0.3) is 21.5 Å². The van der Waals surface area contributed by atoms with E-state index in [-0.39, 0.29) is 11.6 Å². The van der Waals surface area contributed by atoms with Gasteiger partial charge in [0.05, 0.1) is 22.9 Å². The molecule has 2 aromatic heterocycles. The number of carbonyl (C=O) groups excluding carboxylic acids is 1. The predicted octanol–water partition coefficient (Wildman–Crippen LogP) is 4.83. The number of ether oxygens (including phenoxy) is 1. The van der Waals surface area contributed by atoms with Gasteiger partial charge in [0.2, 0.25) is 0 Å². The summed E-state index contributed by atoms with van der Waals surface area (Å²) in [6.45, 7) is 4.05. The Labute approximate surface area is 159 Å². The number of fused-ring (bicyclic) bond motifs is 1. The van der Waals surface area contributed by atoms with Gasteiger partial charge in [-0.3, -0.25) is 10.1 Å². The van der Waals surface area contributed by atoms with E-state index in [1.165, 1.54) is 16.9 Å². The normalized spacial score (nSPS) is 10.9. The van der Waals surface area contributed by atoms with Gasteiger partial charge in [0.1, 0.15) is 5.75 Å². The Bertz CT molecular complexity index is 1150. The maximum atomic E-state index is 12.5. The molecule has 0 spiro atoms. The average Bonchev–Trinajstić information content (AvgIpc) is 3.28. The van der Waals surface area contributed by atoms with E-state index < -0.39 is 0 Å². The molecule has 0 unspecified atom stereocenters. The first-order valence-corrected chi connectivity index (χ1v) is 9.16. The van der Waals surface area contributed by atoms with Gasteiger partial charge >= 0.3 is 0 Å². The number of hydrogen-bond donors (Lipinski definition) is 1. The molecule has 2 aromatic carbocycles. The molecule has 27 heavy (non-hydrogen) atoms. The summed E-state index contributed by atoms with van der Waals surface area (Å²) < 4.78 is 11.7. The SMILES string of the molecule is COc1ccccc1-c1cc(C(=O)Nc2nc3c(C)cc(C)cc3s2)no1. The van der Waals surface area contributed by atoms with E-state index in [1.54, 1.807) is 13.2 Å². The molecule has 0 saturated carbocycles. The minimum Gasteiger partial charge on any atom is -0.496 e. The van der Waals surface area contributed by atoms with Crippen LogP contribution >= 0.6 is 11.3 Å². The molecule has 0 bridgehead atoms. The Morgan fingerprint density at radius 1 is 1.19 bits per heavy atom. The Hall–Kier alpha value is -3.19. The van der Waals surface area contributed by atoms with Crippen molar-refractivity contribution < 1.29 is 14.1 Å². The molecule has 2 heterocycles. The summed E-state index contributed by atoms with van der Waals surface area (Å²) >= 11 is 1.44. The Balaban J connectivity index is 1.59. The average molecular weight is 379 g/mol. The number of carbonyl (C=O) groups is 1. The minimum atomic E-state index is -0.367. The lowest BCUT2D eigenvalue weighted by atomic mass is 10.1. The molecule has 0 radical (unpaired) electrons. The van der Waals surface area contributed by atoms with Gasteiger partial charge in [0, 0.05) is 6.07 Å². The first-order chi connectivity index (χ1) is 13.0. The Morgan fingerprint density at radius 3 is 2.81 bits per heavy atom. The van der Waals surface area contributed by atoms with E-state index in [1.807, 2.05) is 38.1 Å². The van der Waals surface area contributed by atoms with Gasteiger partial charge in [-0.15, -0.1) is 0 Å². The van der Waals surface area contributed by atoms with Crippen LogP contribution in [0.15, 0.2) is 47.0 Å². The summed E-state index contributed by atoms with van der Waals surface area (Å²) in [4.78, 5) is 17.1. The molecule has 0 saturated heterocycles. The first-order valence-electron chi connectivity index (χ1n) is 8.34. The van der Waals surface area contributed by atoms with Crippen LogP contribution in [0.2, 0.25) is 0 Å². The molecule has 0 fully saturated rings. The van der Waals surface area contributed by atoms with E-state index >= 15 is 0 Å². The highest BCUT2D eigenvalue weighted by Gasteiger charge is 2.18. The van der Waals surface area contributed by atoms with Gasteiger partial charge in [-0.25, -0.2) is 4.98 Å². The fourth-order valence-electron chi connectivity index (χ4n) is 2.94. The number of para-hydroxylation sites is 1. The number of aryl methyl sites for hydroxylation is 2. The Morgan fingerprint density at radius 2 is 2.00 bits per heavy atom. The van der Waals surface area contributed by atoms with E-state index in [0.717, 1.165) is 21.3 Å². The van der Waals surface area contributed by atoms with Crippen LogP contribution in [0.4, 0.5) is 5.13 Å². The van der Waals surface area contributed by atoms with Crippen molar-refractivity contribution in [2.45, 2.75) is 13.8 Å². The second-order valence-corrected chi connectivity index (χ2v) is 7.21. The maximum absolute atomic E-state index is 12.5. The number of nitrogens with zero attached hydrogens (tertiary/aromatic N) is 2. The van der Waals surface area contributed by atoms with Crippen molar-refractivity contribution in [3.05, 3.63) is 59.3 Å². The molecule has 4 aromatic rings. The summed E-state index contributed by atoms with van der Waals surface area (Å²) in [6.07, 6.45) is 0. The molecule has 0 aliphatic rings. The van der Waals surface area contributed by atoms with Crippen LogP contribution in [0.5, 0.6) is 5.75 Å². The predicted molar refractivity (Wildman–Crippen MR) is 106 cm³/mol. The van der Waals surface area contributed by atoms with E-state index in [0.29, 0.717) is 16.6 Å². The van der Waals surface area contributed by atoms with Gasteiger partial charge in [-0.2, -0.15) is 0 Å². The molecule has 0 atom stereocenters. The molecule has 6 nitrogen and oxygen atoms in total. The fourth-order valence-corrected chi connectivity index (χ4v) is 3.98. The molecule has 0 aliphatic carbocycles. The van der Waals surface area contributed by atoms with Crippen molar-refractivity contribution in [1.29, 1.82) is 0 Å². The quantitative estimate of drug-likeness (QED) is 0.549.